The number of aliphatic carboxylic acids is 2. The standard InChI is InChI=1S/C15H20N2O6S/c1-5-10-9(6(2)18)13(19)17(10)11(15(22)23)12(5)24-7-3-8(14(20)21)16-4-7/h5-10,16,18H,3-4H2,1-2H3,(H,20,21)(H,22,23)/t5-,6-,7+,8+,9-,10-/m1/s1. The van der Waals surface area contributed by atoms with Gasteiger partial charge in [0, 0.05) is 22.6 Å². The first-order chi connectivity index (χ1) is 11.2. The van der Waals surface area contributed by atoms with Gasteiger partial charge in [0.15, 0.2) is 0 Å². The number of hydrogen-bond acceptors (Lipinski definition) is 6. The van der Waals surface area contributed by atoms with E-state index >= 15 is 0 Å². The van der Waals surface area contributed by atoms with E-state index in [4.69, 9.17) is 5.11 Å². The third-order valence-electron chi connectivity index (χ3n) is 4.99. The van der Waals surface area contributed by atoms with E-state index in [1.54, 1.807) is 0 Å². The van der Waals surface area contributed by atoms with Gasteiger partial charge < -0.3 is 25.5 Å². The van der Waals surface area contributed by atoms with Gasteiger partial charge in [-0.15, -0.1) is 11.8 Å². The van der Waals surface area contributed by atoms with Crippen molar-refractivity contribution >= 4 is 29.6 Å². The molecular formula is C15H20N2O6S. The summed E-state index contributed by atoms with van der Waals surface area (Å²) in [5, 5.41) is 31.2. The van der Waals surface area contributed by atoms with Crippen LogP contribution in [-0.4, -0.2) is 68.0 Å². The van der Waals surface area contributed by atoms with Crippen LogP contribution in [0.4, 0.5) is 0 Å². The zero-order valence-corrected chi connectivity index (χ0v) is 14.1. The molecule has 0 aromatic heterocycles. The van der Waals surface area contributed by atoms with E-state index in [-0.39, 0.29) is 28.8 Å². The molecule has 2 fully saturated rings. The summed E-state index contributed by atoms with van der Waals surface area (Å²) in [4.78, 5) is 36.8. The lowest BCUT2D eigenvalue weighted by Gasteiger charge is -2.46. The zero-order valence-electron chi connectivity index (χ0n) is 13.3. The Labute approximate surface area is 142 Å². The van der Waals surface area contributed by atoms with E-state index < -0.39 is 30.0 Å². The minimum Gasteiger partial charge on any atom is -0.480 e. The SMILES string of the molecule is C[C@@H](O)[C@H]1C(=O)N2C(C(=O)O)=C(S[C@@H]3CN[C@H](C(=O)O)C3)[C@H](C)[C@H]12. The van der Waals surface area contributed by atoms with Crippen molar-refractivity contribution in [3.8, 4) is 0 Å². The third kappa shape index (κ3) is 2.51. The smallest absolute Gasteiger partial charge is 0.353 e. The molecule has 3 heterocycles. The molecular weight excluding hydrogens is 336 g/mol. The molecule has 0 unspecified atom stereocenters. The van der Waals surface area contributed by atoms with Gasteiger partial charge in [-0.2, -0.15) is 0 Å². The molecule has 0 saturated carbocycles. The maximum Gasteiger partial charge on any atom is 0.353 e. The number of amides is 1. The highest BCUT2D eigenvalue weighted by atomic mass is 32.2. The van der Waals surface area contributed by atoms with E-state index in [0.717, 1.165) is 0 Å². The summed E-state index contributed by atoms with van der Waals surface area (Å²) in [6, 6.07) is -0.965. The largest absolute Gasteiger partial charge is 0.480 e. The van der Waals surface area contributed by atoms with Gasteiger partial charge in [-0.3, -0.25) is 9.59 Å². The molecule has 6 atom stereocenters. The third-order valence-corrected chi connectivity index (χ3v) is 6.50. The molecule has 1 amide bonds. The van der Waals surface area contributed by atoms with Crippen molar-refractivity contribution in [1.82, 2.24) is 10.2 Å². The predicted molar refractivity (Wildman–Crippen MR) is 85.1 cm³/mol. The Morgan fingerprint density at radius 2 is 2.04 bits per heavy atom. The lowest BCUT2D eigenvalue weighted by atomic mass is 9.79. The molecule has 3 rings (SSSR count). The Morgan fingerprint density at radius 3 is 2.54 bits per heavy atom. The minimum absolute atomic E-state index is 0.0156. The average Bonchev–Trinajstić information content (AvgIpc) is 3.03. The number of carboxylic acid groups (broad SMARTS) is 2. The number of nitrogens with zero attached hydrogens (tertiary/aromatic N) is 1. The highest BCUT2D eigenvalue weighted by Gasteiger charge is 2.60. The Balaban J connectivity index is 1.83. The number of carbonyl (C=O) groups is 3. The molecule has 4 N–H and O–H groups in total. The lowest BCUT2D eigenvalue weighted by molar-refractivity contribution is -0.163. The molecule has 0 spiro atoms. The zero-order chi connectivity index (χ0) is 17.8. The Hall–Kier alpha value is -1.58. The van der Waals surface area contributed by atoms with Gasteiger partial charge in [0.25, 0.3) is 0 Å². The second kappa shape index (κ2) is 6.05. The first-order valence-electron chi connectivity index (χ1n) is 7.85. The summed E-state index contributed by atoms with van der Waals surface area (Å²) in [7, 11) is 0. The molecule has 9 heteroatoms. The monoisotopic (exact) mass is 356 g/mol. The summed E-state index contributed by atoms with van der Waals surface area (Å²) >= 11 is 1.34. The number of β-lactam (4-membered cyclic amide) rings is 1. The van der Waals surface area contributed by atoms with Gasteiger partial charge in [0.1, 0.15) is 11.7 Å². The molecule has 3 aliphatic rings. The first-order valence-corrected chi connectivity index (χ1v) is 8.73. The second-order valence-electron chi connectivity index (χ2n) is 6.55. The number of thioether (sulfide) groups is 1. The molecule has 0 bridgehead atoms. The number of nitrogens with one attached hydrogen (secondary N) is 1. The van der Waals surface area contributed by atoms with E-state index in [9.17, 15) is 24.6 Å². The summed E-state index contributed by atoms with van der Waals surface area (Å²) in [5.74, 6) is -3.21. The molecule has 132 valence electrons. The van der Waals surface area contributed by atoms with E-state index in [2.05, 4.69) is 5.32 Å². The van der Waals surface area contributed by atoms with E-state index in [1.807, 2.05) is 6.92 Å². The van der Waals surface area contributed by atoms with Crippen LogP contribution in [0.1, 0.15) is 20.3 Å². The minimum atomic E-state index is -1.16. The van der Waals surface area contributed by atoms with Crippen LogP contribution >= 0.6 is 11.8 Å². The van der Waals surface area contributed by atoms with Crippen LogP contribution in [0.15, 0.2) is 10.6 Å². The maximum atomic E-state index is 12.2. The van der Waals surface area contributed by atoms with Crippen molar-refractivity contribution in [2.75, 3.05) is 6.54 Å². The van der Waals surface area contributed by atoms with Crippen molar-refractivity contribution in [3.63, 3.8) is 0 Å². The van der Waals surface area contributed by atoms with Crippen LogP contribution < -0.4 is 5.32 Å². The van der Waals surface area contributed by atoms with Crippen LogP contribution in [-0.2, 0) is 14.4 Å². The average molecular weight is 356 g/mol. The van der Waals surface area contributed by atoms with Crippen LogP contribution in [0.3, 0.4) is 0 Å². The molecule has 8 nitrogen and oxygen atoms in total. The highest BCUT2D eigenvalue weighted by Crippen LogP contribution is 2.51. The Kier molecular flexibility index (Phi) is 4.35. The fourth-order valence-corrected chi connectivity index (χ4v) is 5.32. The van der Waals surface area contributed by atoms with Crippen LogP contribution in [0.2, 0.25) is 0 Å². The van der Waals surface area contributed by atoms with Gasteiger partial charge in [0.05, 0.1) is 18.1 Å². The molecule has 0 radical (unpaired) electrons. The number of hydrogen-bond donors (Lipinski definition) is 4. The van der Waals surface area contributed by atoms with Crippen molar-refractivity contribution in [1.29, 1.82) is 0 Å². The van der Waals surface area contributed by atoms with Gasteiger partial charge in [0.2, 0.25) is 5.91 Å². The number of carbonyl (C=O) groups excluding carboxylic acids is 1. The van der Waals surface area contributed by atoms with Gasteiger partial charge in [-0.05, 0) is 13.3 Å². The number of rotatable bonds is 5. The normalized spacial score (nSPS) is 36.5. The number of carboxylic acids is 2. The van der Waals surface area contributed by atoms with Gasteiger partial charge >= 0.3 is 11.9 Å². The maximum absolute atomic E-state index is 12.2. The molecule has 0 aliphatic carbocycles. The molecule has 3 aliphatic heterocycles. The van der Waals surface area contributed by atoms with Crippen molar-refractivity contribution < 1.29 is 29.7 Å². The highest BCUT2D eigenvalue weighted by molar-refractivity contribution is 8.03. The molecule has 24 heavy (non-hydrogen) atoms. The fraction of sp³-hybridized carbons (Fsp3) is 0.667. The number of aliphatic hydroxyl groups is 1. The van der Waals surface area contributed by atoms with Crippen molar-refractivity contribution in [3.05, 3.63) is 10.6 Å². The van der Waals surface area contributed by atoms with Crippen LogP contribution in [0.25, 0.3) is 0 Å². The van der Waals surface area contributed by atoms with E-state index in [1.165, 1.54) is 23.6 Å². The Morgan fingerprint density at radius 1 is 1.38 bits per heavy atom. The van der Waals surface area contributed by atoms with Gasteiger partial charge in [-0.1, -0.05) is 6.92 Å². The molecule has 0 aromatic rings. The molecule has 0 aromatic carbocycles. The number of fused-ring (bicyclic) bond motifs is 1. The predicted octanol–water partition coefficient (Wildman–Crippen LogP) is -0.312. The Bertz CT molecular complexity index is 633. The molecule has 2 saturated heterocycles. The second-order valence-corrected chi connectivity index (χ2v) is 7.89. The fourth-order valence-electron chi connectivity index (χ4n) is 3.84. The van der Waals surface area contributed by atoms with Gasteiger partial charge in [-0.25, -0.2) is 4.79 Å². The van der Waals surface area contributed by atoms with Crippen LogP contribution in [0.5, 0.6) is 0 Å². The summed E-state index contributed by atoms with van der Waals surface area (Å²) in [5.41, 5.74) is -0.0156. The summed E-state index contributed by atoms with van der Waals surface area (Å²) in [6.07, 6.45) is -0.424. The van der Waals surface area contributed by atoms with E-state index in [0.29, 0.717) is 17.9 Å². The summed E-state index contributed by atoms with van der Waals surface area (Å²) < 4.78 is 0. The first kappa shape index (κ1) is 17.2. The lowest BCUT2D eigenvalue weighted by Crippen LogP contribution is -2.63. The van der Waals surface area contributed by atoms with Crippen LogP contribution in [0, 0.1) is 11.8 Å². The topological polar surface area (TPSA) is 127 Å². The quantitative estimate of drug-likeness (QED) is 0.494. The van der Waals surface area contributed by atoms with Crippen molar-refractivity contribution in [2.24, 2.45) is 11.8 Å². The summed E-state index contributed by atoms with van der Waals surface area (Å²) in [6.45, 7) is 3.87. The van der Waals surface area contributed by atoms with Crippen molar-refractivity contribution in [2.45, 2.75) is 43.7 Å². The number of aliphatic hydroxyl groups excluding tert-OH is 1.